The summed E-state index contributed by atoms with van der Waals surface area (Å²) in [6.45, 7) is 2.50. The van der Waals surface area contributed by atoms with Crippen LogP contribution in [0.15, 0.2) is 22.7 Å². The molecule has 0 aromatic heterocycles. The highest BCUT2D eigenvalue weighted by Gasteiger charge is 2.26. The Bertz CT molecular complexity index is 436. The van der Waals surface area contributed by atoms with Gasteiger partial charge in [0.15, 0.2) is 0 Å². The Morgan fingerprint density at radius 2 is 2.29 bits per heavy atom. The standard InChI is InChI=1S/C12H16BrN3O/c13-10-2-1-8(5-11(10)14)6-16-4-3-9(7-16)12(15)17/h1-2,5,9H,3-4,6-7,14H2,(H2,15,17). The third-order valence-electron chi connectivity index (χ3n) is 3.14. The SMILES string of the molecule is NC(=O)C1CCN(Cc2ccc(Br)c(N)c2)C1. The normalized spacial score (nSPS) is 20.6. The summed E-state index contributed by atoms with van der Waals surface area (Å²) in [6, 6.07) is 5.95. The van der Waals surface area contributed by atoms with Gasteiger partial charge in [0, 0.05) is 23.2 Å². The number of benzene rings is 1. The van der Waals surface area contributed by atoms with Crippen molar-refractivity contribution in [2.75, 3.05) is 18.8 Å². The maximum absolute atomic E-state index is 11.1. The van der Waals surface area contributed by atoms with Crippen molar-refractivity contribution in [3.8, 4) is 0 Å². The van der Waals surface area contributed by atoms with Crippen LogP contribution in [0.25, 0.3) is 0 Å². The van der Waals surface area contributed by atoms with Crippen LogP contribution < -0.4 is 11.5 Å². The number of rotatable bonds is 3. The van der Waals surface area contributed by atoms with Crippen LogP contribution in [0.2, 0.25) is 0 Å². The number of halogens is 1. The van der Waals surface area contributed by atoms with Crippen molar-refractivity contribution in [2.24, 2.45) is 11.7 Å². The number of nitrogens with zero attached hydrogens (tertiary/aromatic N) is 1. The molecule has 0 aliphatic carbocycles. The quantitative estimate of drug-likeness (QED) is 0.827. The van der Waals surface area contributed by atoms with E-state index >= 15 is 0 Å². The molecule has 4 N–H and O–H groups in total. The van der Waals surface area contributed by atoms with Crippen molar-refractivity contribution in [3.63, 3.8) is 0 Å². The van der Waals surface area contributed by atoms with E-state index in [0.717, 1.165) is 41.8 Å². The van der Waals surface area contributed by atoms with Gasteiger partial charge < -0.3 is 11.5 Å². The van der Waals surface area contributed by atoms with E-state index in [1.165, 1.54) is 0 Å². The fraction of sp³-hybridized carbons (Fsp3) is 0.417. The minimum atomic E-state index is -0.192. The molecule has 1 heterocycles. The van der Waals surface area contributed by atoms with Gasteiger partial charge in [-0.15, -0.1) is 0 Å². The number of nitrogens with two attached hydrogens (primary N) is 2. The Morgan fingerprint density at radius 3 is 2.88 bits per heavy atom. The number of carbonyl (C=O) groups excluding carboxylic acids is 1. The summed E-state index contributed by atoms with van der Waals surface area (Å²) in [5, 5.41) is 0. The molecule has 0 saturated carbocycles. The van der Waals surface area contributed by atoms with Crippen molar-refractivity contribution in [2.45, 2.75) is 13.0 Å². The first-order valence-corrected chi connectivity index (χ1v) is 6.41. The summed E-state index contributed by atoms with van der Waals surface area (Å²) in [5.41, 5.74) is 13.0. The monoisotopic (exact) mass is 297 g/mol. The molecule has 1 unspecified atom stereocenters. The number of carbonyl (C=O) groups is 1. The van der Waals surface area contributed by atoms with E-state index in [4.69, 9.17) is 11.5 Å². The van der Waals surface area contributed by atoms with Gasteiger partial charge in [-0.1, -0.05) is 6.07 Å². The molecule has 1 aromatic carbocycles. The van der Waals surface area contributed by atoms with Crippen molar-refractivity contribution in [3.05, 3.63) is 28.2 Å². The molecule has 1 atom stereocenters. The zero-order valence-corrected chi connectivity index (χ0v) is 11.1. The summed E-state index contributed by atoms with van der Waals surface area (Å²) in [7, 11) is 0. The number of hydrogen-bond donors (Lipinski definition) is 2. The molecule has 17 heavy (non-hydrogen) atoms. The van der Waals surface area contributed by atoms with Crippen LogP contribution in [0.5, 0.6) is 0 Å². The maximum Gasteiger partial charge on any atom is 0.221 e. The van der Waals surface area contributed by atoms with Gasteiger partial charge in [0.1, 0.15) is 0 Å². The predicted octanol–water partition coefficient (Wildman–Crippen LogP) is 1.34. The fourth-order valence-electron chi connectivity index (χ4n) is 2.16. The molecule has 1 aliphatic heterocycles. The maximum atomic E-state index is 11.1. The number of likely N-dealkylation sites (tertiary alicyclic amines) is 1. The van der Waals surface area contributed by atoms with Gasteiger partial charge in [-0.05, 0) is 46.6 Å². The van der Waals surface area contributed by atoms with Crippen LogP contribution in [-0.2, 0) is 11.3 Å². The molecule has 0 bridgehead atoms. The summed E-state index contributed by atoms with van der Waals surface area (Å²) < 4.78 is 0.915. The Balaban J connectivity index is 1.98. The highest BCUT2D eigenvalue weighted by atomic mass is 79.9. The highest BCUT2D eigenvalue weighted by Crippen LogP contribution is 2.23. The first-order valence-electron chi connectivity index (χ1n) is 5.62. The summed E-state index contributed by atoms with van der Waals surface area (Å²) >= 11 is 3.37. The van der Waals surface area contributed by atoms with E-state index in [0.29, 0.717) is 0 Å². The van der Waals surface area contributed by atoms with E-state index in [9.17, 15) is 4.79 Å². The predicted molar refractivity (Wildman–Crippen MR) is 71.1 cm³/mol. The minimum absolute atomic E-state index is 0.00259. The van der Waals surface area contributed by atoms with Crippen molar-refractivity contribution < 1.29 is 4.79 Å². The Labute approximate surface area is 109 Å². The molecule has 1 saturated heterocycles. The van der Waals surface area contributed by atoms with E-state index in [1.54, 1.807) is 0 Å². The average Bonchev–Trinajstić information content (AvgIpc) is 2.72. The number of primary amides is 1. The molecule has 2 rings (SSSR count). The minimum Gasteiger partial charge on any atom is -0.398 e. The molecule has 1 fully saturated rings. The third kappa shape index (κ3) is 2.98. The van der Waals surface area contributed by atoms with Crippen LogP contribution in [0.4, 0.5) is 5.69 Å². The second-order valence-electron chi connectivity index (χ2n) is 4.48. The van der Waals surface area contributed by atoms with Crippen LogP contribution in [-0.4, -0.2) is 23.9 Å². The first-order chi connectivity index (χ1) is 8.06. The Morgan fingerprint density at radius 1 is 1.53 bits per heavy atom. The Hall–Kier alpha value is -1.07. The van der Waals surface area contributed by atoms with E-state index in [-0.39, 0.29) is 11.8 Å². The van der Waals surface area contributed by atoms with Crippen LogP contribution in [0, 0.1) is 5.92 Å². The van der Waals surface area contributed by atoms with Crippen molar-refractivity contribution in [1.82, 2.24) is 4.90 Å². The van der Waals surface area contributed by atoms with Crippen LogP contribution in [0.1, 0.15) is 12.0 Å². The van der Waals surface area contributed by atoms with Gasteiger partial charge in [-0.25, -0.2) is 0 Å². The molecule has 1 amide bonds. The second-order valence-corrected chi connectivity index (χ2v) is 5.33. The first kappa shape index (κ1) is 12.4. The van der Waals surface area contributed by atoms with Crippen LogP contribution >= 0.6 is 15.9 Å². The zero-order chi connectivity index (χ0) is 12.4. The van der Waals surface area contributed by atoms with E-state index in [1.807, 2.05) is 18.2 Å². The lowest BCUT2D eigenvalue weighted by molar-refractivity contribution is -0.121. The van der Waals surface area contributed by atoms with E-state index < -0.39 is 0 Å². The molecular weight excluding hydrogens is 282 g/mol. The molecule has 4 nitrogen and oxygen atoms in total. The van der Waals surface area contributed by atoms with Gasteiger partial charge in [-0.3, -0.25) is 9.69 Å². The number of amides is 1. The number of nitrogen functional groups attached to an aromatic ring is 1. The highest BCUT2D eigenvalue weighted by molar-refractivity contribution is 9.10. The summed E-state index contributed by atoms with van der Waals surface area (Å²) in [5.74, 6) is -0.189. The lowest BCUT2D eigenvalue weighted by Crippen LogP contribution is -2.27. The Kier molecular flexibility index (Phi) is 3.69. The summed E-state index contributed by atoms with van der Waals surface area (Å²) in [6.07, 6.45) is 0.862. The largest absolute Gasteiger partial charge is 0.398 e. The van der Waals surface area contributed by atoms with Gasteiger partial charge in [0.25, 0.3) is 0 Å². The molecule has 0 radical (unpaired) electrons. The lowest BCUT2D eigenvalue weighted by atomic mass is 10.1. The summed E-state index contributed by atoms with van der Waals surface area (Å²) in [4.78, 5) is 13.3. The second kappa shape index (κ2) is 5.06. The molecular formula is C12H16BrN3O. The van der Waals surface area contributed by atoms with Gasteiger partial charge in [-0.2, -0.15) is 0 Å². The van der Waals surface area contributed by atoms with Gasteiger partial charge >= 0.3 is 0 Å². The zero-order valence-electron chi connectivity index (χ0n) is 9.53. The van der Waals surface area contributed by atoms with Crippen LogP contribution in [0.3, 0.4) is 0 Å². The van der Waals surface area contributed by atoms with Crippen molar-refractivity contribution >= 4 is 27.5 Å². The molecule has 1 aromatic rings. The van der Waals surface area contributed by atoms with E-state index in [2.05, 4.69) is 20.8 Å². The molecule has 1 aliphatic rings. The van der Waals surface area contributed by atoms with Crippen molar-refractivity contribution in [1.29, 1.82) is 0 Å². The van der Waals surface area contributed by atoms with Gasteiger partial charge in [0.2, 0.25) is 5.91 Å². The fourth-order valence-corrected chi connectivity index (χ4v) is 2.40. The number of anilines is 1. The average molecular weight is 298 g/mol. The topological polar surface area (TPSA) is 72.4 Å². The third-order valence-corrected chi connectivity index (χ3v) is 3.86. The molecule has 92 valence electrons. The van der Waals surface area contributed by atoms with Gasteiger partial charge in [0.05, 0.1) is 5.92 Å². The smallest absolute Gasteiger partial charge is 0.221 e. The molecule has 0 spiro atoms. The lowest BCUT2D eigenvalue weighted by Gasteiger charge is -2.15. The molecule has 5 heteroatoms. The number of hydrogen-bond acceptors (Lipinski definition) is 3.